The van der Waals surface area contributed by atoms with Gasteiger partial charge < -0.3 is 15.6 Å². The molecule has 0 amide bonds. The van der Waals surface area contributed by atoms with Gasteiger partial charge in [-0.3, -0.25) is 9.78 Å². The van der Waals surface area contributed by atoms with Gasteiger partial charge in [0.1, 0.15) is 5.75 Å². The van der Waals surface area contributed by atoms with Crippen LogP contribution >= 0.6 is 15.9 Å². The zero-order chi connectivity index (χ0) is 12.1. The van der Waals surface area contributed by atoms with E-state index >= 15 is 0 Å². The van der Waals surface area contributed by atoms with E-state index in [2.05, 4.69) is 20.9 Å². The number of pyridine rings is 1. The molecule has 6 heteroatoms. The number of aliphatic carboxylic acids is 1. The predicted molar refractivity (Wildman–Crippen MR) is 62.5 cm³/mol. The highest BCUT2D eigenvalue weighted by Gasteiger charge is 2.21. The zero-order valence-corrected chi connectivity index (χ0v) is 10.4. The third-order valence-electron chi connectivity index (χ3n) is 2.24. The largest absolute Gasteiger partial charge is 0.495 e. The molecule has 0 aliphatic heterocycles. The number of carbonyl (C=O) groups is 1. The lowest BCUT2D eigenvalue weighted by molar-refractivity contribution is -0.137. The highest BCUT2D eigenvalue weighted by atomic mass is 79.9. The van der Waals surface area contributed by atoms with Gasteiger partial charge in [0.25, 0.3) is 0 Å². The normalized spacial score (nSPS) is 12.2. The molecule has 0 fully saturated rings. The standard InChI is InChI=1S/C10H13BrN2O3/c1-16-8-5-13-4-7(11)10(8)6(3-12)2-9(14)15/h4-6H,2-3,12H2,1H3,(H,14,15). The number of halogens is 1. The van der Waals surface area contributed by atoms with E-state index in [9.17, 15) is 4.79 Å². The summed E-state index contributed by atoms with van der Waals surface area (Å²) in [6.45, 7) is 0.241. The molecule has 0 aliphatic carbocycles. The average Bonchev–Trinajstić information content (AvgIpc) is 2.25. The minimum Gasteiger partial charge on any atom is -0.495 e. The second kappa shape index (κ2) is 5.81. The van der Waals surface area contributed by atoms with Crippen molar-refractivity contribution >= 4 is 21.9 Å². The fourth-order valence-corrected chi connectivity index (χ4v) is 2.14. The molecule has 0 saturated carbocycles. The van der Waals surface area contributed by atoms with E-state index in [0.29, 0.717) is 10.2 Å². The summed E-state index contributed by atoms with van der Waals surface area (Å²) in [4.78, 5) is 14.7. The van der Waals surface area contributed by atoms with Crippen molar-refractivity contribution in [3.8, 4) is 5.75 Å². The topological polar surface area (TPSA) is 85.4 Å². The molecule has 0 saturated heterocycles. The Balaban J connectivity index is 3.12. The van der Waals surface area contributed by atoms with Crippen LogP contribution in [0.2, 0.25) is 0 Å². The van der Waals surface area contributed by atoms with Crippen LogP contribution in [0.4, 0.5) is 0 Å². The minimum atomic E-state index is -0.888. The number of rotatable bonds is 5. The Bertz CT molecular complexity index is 384. The number of hydrogen-bond donors (Lipinski definition) is 2. The Labute approximate surface area is 102 Å². The third-order valence-corrected chi connectivity index (χ3v) is 2.87. The quantitative estimate of drug-likeness (QED) is 0.855. The molecule has 5 nitrogen and oxygen atoms in total. The predicted octanol–water partition coefficient (Wildman–Crippen LogP) is 1.37. The van der Waals surface area contributed by atoms with Crippen LogP contribution in [0.3, 0.4) is 0 Å². The van der Waals surface area contributed by atoms with Crippen LogP contribution in [0, 0.1) is 0 Å². The summed E-state index contributed by atoms with van der Waals surface area (Å²) < 4.78 is 5.86. The van der Waals surface area contributed by atoms with Crippen LogP contribution in [0.1, 0.15) is 17.9 Å². The Morgan fingerprint density at radius 2 is 2.38 bits per heavy atom. The van der Waals surface area contributed by atoms with Gasteiger partial charge in [-0.2, -0.15) is 0 Å². The van der Waals surface area contributed by atoms with Gasteiger partial charge >= 0.3 is 5.97 Å². The number of ether oxygens (including phenoxy) is 1. The zero-order valence-electron chi connectivity index (χ0n) is 8.81. The minimum absolute atomic E-state index is 0.0323. The van der Waals surface area contributed by atoms with Crippen molar-refractivity contribution in [3.63, 3.8) is 0 Å². The molecule has 0 radical (unpaired) electrons. The summed E-state index contributed by atoms with van der Waals surface area (Å²) in [6, 6.07) is 0. The molecule has 1 unspecified atom stereocenters. The molecule has 1 atom stereocenters. The molecule has 3 N–H and O–H groups in total. The summed E-state index contributed by atoms with van der Waals surface area (Å²) in [7, 11) is 1.52. The maximum absolute atomic E-state index is 10.7. The van der Waals surface area contributed by atoms with Crippen LogP contribution in [0.25, 0.3) is 0 Å². The first-order valence-electron chi connectivity index (χ1n) is 4.69. The molecular formula is C10H13BrN2O3. The second-order valence-electron chi connectivity index (χ2n) is 3.27. The van der Waals surface area contributed by atoms with Crippen molar-refractivity contribution in [2.24, 2.45) is 5.73 Å². The van der Waals surface area contributed by atoms with E-state index in [0.717, 1.165) is 5.56 Å². The Morgan fingerprint density at radius 3 is 2.88 bits per heavy atom. The lowest BCUT2D eigenvalue weighted by atomic mass is 9.96. The number of methoxy groups -OCH3 is 1. The maximum Gasteiger partial charge on any atom is 0.304 e. The van der Waals surface area contributed by atoms with Gasteiger partial charge in [0.15, 0.2) is 0 Å². The first-order valence-corrected chi connectivity index (χ1v) is 5.48. The van der Waals surface area contributed by atoms with Crippen LogP contribution in [-0.2, 0) is 4.79 Å². The van der Waals surface area contributed by atoms with Gasteiger partial charge in [0, 0.05) is 22.2 Å². The smallest absolute Gasteiger partial charge is 0.304 e. The Hall–Kier alpha value is -1.14. The molecule has 1 aromatic rings. The maximum atomic E-state index is 10.7. The monoisotopic (exact) mass is 288 g/mol. The van der Waals surface area contributed by atoms with Crippen LogP contribution in [-0.4, -0.2) is 29.7 Å². The van der Waals surface area contributed by atoms with Crippen LogP contribution in [0.15, 0.2) is 16.9 Å². The summed E-state index contributed by atoms with van der Waals surface area (Å²) >= 11 is 3.33. The highest BCUT2D eigenvalue weighted by molar-refractivity contribution is 9.10. The van der Waals surface area contributed by atoms with Crippen molar-refractivity contribution in [1.82, 2.24) is 4.98 Å². The number of nitrogens with two attached hydrogens (primary N) is 1. The molecule has 0 aliphatic rings. The van der Waals surface area contributed by atoms with Gasteiger partial charge in [-0.1, -0.05) is 0 Å². The van der Waals surface area contributed by atoms with Gasteiger partial charge in [0.05, 0.1) is 19.7 Å². The molecule has 0 spiro atoms. The fourth-order valence-electron chi connectivity index (χ4n) is 1.50. The number of hydrogen-bond acceptors (Lipinski definition) is 4. The lowest BCUT2D eigenvalue weighted by Gasteiger charge is -2.17. The van der Waals surface area contributed by atoms with E-state index < -0.39 is 5.97 Å². The molecule has 88 valence electrons. The summed E-state index contributed by atoms with van der Waals surface area (Å²) in [5, 5.41) is 8.80. The molecule has 0 aromatic carbocycles. The van der Waals surface area contributed by atoms with Crippen molar-refractivity contribution < 1.29 is 14.6 Å². The molecule has 1 aromatic heterocycles. The SMILES string of the molecule is COc1cncc(Br)c1C(CN)CC(=O)O. The first kappa shape index (κ1) is 12.9. The van der Waals surface area contributed by atoms with Gasteiger partial charge in [-0.05, 0) is 22.5 Å². The van der Waals surface area contributed by atoms with E-state index in [1.54, 1.807) is 12.4 Å². The van der Waals surface area contributed by atoms with Crippen molar-refractivity contribution in [1.29, 1.82) is 0 Å². The van der Waals surface area contributed by atoms with E-state index in [4.69, 9.17) is 15.6 Å². The Morgan fingerprint density at radius 1 is 1.69 bits per heavy atom. The van der Waals surface area contributed by atoms with Crippen LogP contribution in [0.5, 0.6) is 5.75 Å². The lowest BCUT2D eigenvalue weighted by Crippen LogP contribution is -2.17. The highest BCUT2D eigenvalue weighted by Crippen LogP contribution is 2.33. The van der Waals surface area contributed by atoms with Crippen LogP contribution < -0.4 is 10.5 Å². The van der Waals surface area contributed by atoms with Crippen molar-refractivity contribution in [2.45, 2.75) is 12.3 Å². The molecular weight excluding hydrogens is 276 g/mol. The fraction of sp³-hybridized carbons (Fsp3) is 0.400. The summed E-state index contributed by atoms with van der Waals surface area (Å²) in [5.74, 6) is -0.628. The van der Waals surface area contributed by atoms with Gasteiger partial charge in [-0.25, -0.2) is 0 Å². The molecule has 0 bridgehead atoms. The van der Waals surface area contributed by atoms with Gasteiger partial charge in [0.2, 0.25) is 0 Å². The number of aromatic nitrogens is 1. The van der Waals surface area contributed by atoms with Crippen molar-refractivity contribution in [3.05, 3.63) is 22.4 Å². The third kappa shape index (κ3) is 2.93. The molecule has 16 heavy (non-hydrogen) atoms. The van der Waals surface area contributed by atoms with E-state index in [1.807, 2.05) is 0 Å². The average molecular weight is 289 g/mol. The molecule has 1 heterocycles. The Kier molecular flexibility index (Phi) is 4.70. The number of carboxylic acids is 1. The number of carboxylic acid groups (broad SMARTS) is 1. The van der Waals surface area contributed by atoms with E-state index in [-0.39, 0.29) is 18.9 Å². The first-order chi connectivity index (χ1) is 7.60. The number of nitrogens with zero attached hydrogens (tertiary/aromatic N) is 1. The van der Waals surface area contributed by atoms with Crippen molar-refractivity contribution in [2.75, 3.05) is 13.7 Å². The summed E-state index contributed by atoms with van der Waals surface area (Å²) in [5.41, 5.74) is 6.34. The second-order valence-corrected chi connectivity index (χ2v) is 4.12. The van der Waals surface area contributed by atoms with Gasteiger partial charge in [-0.15, -0.1) is 0 Å². The summed E-state index contributed by atoms with van der Waals surface area (Å²) in [6.07, 6.45) is 3.11. The van der Waals surface area contributed by atoms with E-state index in [1.165, 1.54) is 7.11 Å². The molecule has 1 rings (SSSR count).